The highest BCUT2D eigenvalue weighted by Crippen LogP contribution is 2.24. The molecule has 1 heterocycles. The molecule has 0 saturated heterocycles. The Kier molecular flexibility index (Phi) is 4.33. The zero-order valence-electron chi connectivity index (χ0n) is 10.2. The van der Waals surface area contributed by atoms with Gasteiger partial charge < -0.3 is 0 Å². The van der Waals surface area contributed by atoms with Crippen molar-refractivity contribution in [1.29, 1.82) is 0 Å². The molecule has 0 spiro atoms. The Morgan fingerprint density at radius 1 is 1.22 bits per heavy atom. The second-order valence-electron chi connectivity index (χ2n) is 4.11. The molecule has 0 bridgehead atoms. The Morgan fingerprint density at radius 3 is 2.61 bits per heavy atom. The van der Waals surface area contributed by atoms with Crippen molar-refractivity contribution in [3.05, 3.63) is 58.3 Å². The fourth-order valence-corrected chi connectivity index (χ4v) is 2.47. The summed E-state index contributed by atoms with van der Waals surface area (Å²) in [5.74, 6) is 6.55. The molecular formula is C16H14OS. The van der Waals surface area contributed by atoms with E-state index < -0.39 is 0 Å². The zero-order valence-corrected chi connectivity index (χ0v) is 11.0. The van der Waals surface area contributed by atoms with Crippen LogP contribution in [-0.2, 0) is 4.79 Å². The summed E-state index contributed by atoms with van der Waals surface area (Å²) in [5, 5.41) is 2.02. The van der Waals surface area contributed by atoms with Gasteiger partial charge in [-0.3, -0.25) is 4.79 Å². The molecule has 2 aromatic rings. The lowest BCUT2D eigenvalue weighted by Gasteiger charge is -2.05. The fraction of sp³-hybridized carbons (Fsp3) is 0.188. The normalized spacial score (nSPS) is 11.4. The van der Waals surface area contributed by atoms with E-state index in [1.807, 2.05) is 47.8 Å². The molecule has 1 unspecified atom stereocenters. The van der Waals surface area contributed by atoms with E-state index >= 15 is 0 Å². The van der Waals surface area contributed by atoms with Gasteiger partial charge in [-0.15, -0.1) is 11.3 Å². The number of carbonyl (C=O) groups is 1. The molecule has 0 fully saturated rings. The van der Waals surface area contributed by atoms with E-state index in [1.165, 1.54) is 0 Å². The number of Topliss-reactive ketones (excluding diaryl/α,β-unsaturated/α-hetero) is 1. The average molecular weight is 254 g/mol. The van der Waals surface area contributed by atoms with Crippen molar-refractivity contribution < 1.29 is 4.79 Å². The van der Waals surface area contributed by atoms with Gasteiger partial charge in [-0.05, 0) is 30.5 Å². The molecule has 0 aliphatic carbocycles. The van der Waals surface area contributed by atoms with Crippen LogP contribution in [0.3, 0.4) is 0 Å². The van der Waals surface area contributed by atoms with E-state index in [0.29, 0.717) is 6.42 Å². The first kappa shape index (κ1) is 12.6. The second kappa shape index (κ2) is 6.18. The molecule has 0 aliphatic heterocycles. The highest BCUT2D eigenvalue weighted by atomic mass is 32.1. The molecule has 1 aromatic heterocycles. The average Bonchev–Trinajstić information content (AvgIpc) is 2.89. The molecular weight excluding hydrogens is 240 g/mol. The molecule has 1 atom stereocenters. The van der Waals surface area contributed by atoms with Crippen LogP contribution in [0.15, 0.2) is 47.8 Å². The Bertz CT molecular complexity index is 558. The van der Waals surface area contributed by atoms with Crippen molar-refractivity contribution in [3.63, 3.8) is 0 Å². The number of thiophene rings is 1. The van der Waals surface area contributed by atoms with Crippen LogP contribution in [0.1, 0.15) is 29.7 Å². The van der Waals surface area contributed by atoms with Crippen LogP contribution in [0, 0.1) is 11.8 Å². The van der Waals surface area contributed by atoms with Gasteiger partial charge in [0.25, 0.3) is 0 Å². The summed E-state index contributed by atoms with van der Waals surface area (Å²) in [4.78, 5) is 12.5. The molecule has 0 radical (unpaired) electrons. The Labute approximate surface area is 111 Å². The van der Waals surface area contributed by atoms with E-state index in [-0.39, 0.29) is 11.7 Å². The van der Waals surface area contributed by atoms with Crippen molar-refractivity contribution in [2.75, 3.05) is 0 Å². The first-order valence-electron chi connectivity index (χ1n) is 5.85. The summed E-state index contributed by atoms with van der Waals surface area (Å²) in [6, 6.07) is 13.9. The van der Waals surface area contributed by atoms with Crippen LogP contribution in [0.2, 0.25) is 0 Å². The Morgan fingerprint density at radius 2 is 2.00 bits per heavy atom. The SMILES string of the molecule is CC(=O)CC(C#Cc1ccccc1)c1cccs1. The smallest absolute Gasteiger partial charge is 0.131 e. The van der Waals surface area contributed by atoms with Gasteiger partial charge in [0.1, 0.15) is 5.78 Å². The van der Waals surface area contributed by atoms with Gasteiger partial charge in [0.05, 0.1) is 5.92 Å². The molecule has 1 aromatic carbocycles. The number of hydrogen-bond acceptors (Lipinski definition) is 2. The molecule has 2 rings (SSSR count). The molecule has 1 nitrogen and oxygen atoms in total. The second-order valence-corrected chi connectivity index (χ2v) is 5.09. The van der Waals surface area contributed by atoms with Gasteiger partial charge in [0.15, 0.2) is 0 Å². The number of benzene rings is 1. The van der Waals surface area contributed by atoms with Crippen LogP contribution in [0.4, 0.5) is 0 Å². The van der Waals surface area contributed by atoms with Crippen molar-refractivity contribution in [1.82, 2.24) is 0 Å². The van der Waals surface area contributed by atoms with Gasteiger partial charge in [0, 0.05) is 16.9 Å². The molecule has 0 amide bonds. The van der Waals surface area contributed by atoms with E-state index in [4.69, 9.17) is 0 Å². The largest absolute Gasteiger partial charge is 0.300 e. The van der Waals surface area contributed by atoms with Crippen LogP contribution in [-0.4, -0.2) is 5.78 Å². The minimum Gasteiger partial charge on any atom is -0.300 e. The topological polar surface area (TPSA) is 17.1 Å². The Hall–Kier alpha value is -1.85. The monoisotopic (exact) mass is 254 g/mol. The van der Waals surface area contributed by atoms with E-state index in [2.05, 4.69) is 11.8 Å². The van der Waals surface area contributed by atoms with Crippen LogP contribution < -0.4 is 0 Å². The Balaban J connectivity index is 2.21. The summed E-state index contributed by atoms with van der Waals surface area (Å²) >= 11 is 1.65. The lowest BCUT2D eigenvalue weighted by Crippen LogP contribution is -2.00. The number of carbonyl (C=O) groups excluding carboxylic acids is 1. The van der Waals surface area contributed by atoms with E-state index in [0.717, 1.165) is 10.4 Å². The van der Waals surface area contributed by atoms with E-state index in [9.17, 15) is 4.79 Å². The van der Waals surface area contributed by atoms with Crippen molar-refractivity contribution in [2.24, 2.45) is 0 Å². The van der Waals surface area contributed by atoms with Crippen molar-refractivity contribution in [3.8, 4) is 11.8 Å². The van der Waals surface area contributed by atoms with Crippen molar-refractivity contribution in [2.45, 2.75) is 19.3 Å². The third-order valence-electron chi connectivity index (χ3n) is 2.54. The molecule has 0 aliphatic rings. The minimum atomic E-state index is 0.0164. The van der Waals surface area contributed by atoms with Crippen molar-refractivity contribution >= 4 is 17.1 Å². The standard InChI is InChI=1S/C16H14OS/c1-13(17)12-15(16-8-5-11-18-16)10-9-14-6-3-2-4-7-14/h2-8,11,15H,12H2,1H3. The zero-order chi connectivity index (χ0) is 12.8. The number of ketones is 1. The fourth-order valence-electron chi connectivity index (χ4n) is 1.69. The van der Waals surface area contributed by atoms with Crippen LogP contribution >= 0.6 is 11.3 Å². The number of rotatable bonds is 3. The molecule has 0 saturated carbocycles. The third-order valence-corrected chi connectivity index (χ3v) is 3.53. The highest BCUT2D eigenvalue weighted by Gasteiger charge is 2.11. The maximum atomic E-state index is 11.3. The summed E-state index contributed by atoms with van der Waals surface area (Å²) in [6.45, 7) is 1.62. The third kappa shape index (κ3) is 3.58. The lowest BCUT2D eigenvalue weighted by molar-refractivity contribution is -0.117. The van der Waals surface area contributed by atoms with Crippen LogP contribution in [0.25, 0.3) is 0 Å². The molecule has 0 N–H and O–H groups in total. The summed E-state index contributed by atoms with van der Waals surface area (Å²) in [7, 11) is 0. The first-order chi connectivity index (χ1) is 8.75. The highest BCUT2D eigenvalue weighted by molar-refractivity contribution is 7.10. The summed E-state index contributed by atoms with van der Waals surface area (Å²) in [6.07, 6.45) is 0.486. The predicted octanol–water partition coefficient (Wildman–Crippen LogP) is 3.86. The lowest BCUT2D eigenvalue weighted by atomic mass is 10.0. The molecule has 18 heavy (non-hydrogen) atoms. The number of hydrogen-bond donors (Lipinski definition) is 0. The van der Waals surface area contributed by atoms with Gasteiger partial charge in [-0.2, -0.15) is 0 Å². The first-order valence-corrected chi connectivity index (χ1v) is 6.73. The van der Waals surface area contributed by atoms with Gasteiger partial charge in [-0.1, -0.05) is 36.1 Å². The minimum absolute atomic E-state index is 0.0164. The van der Waals surface area contributed by atoms with E-state index in [1.54, 1.807) is 18.3 Å². The van der Waals surface area contributed by atoms with Gasteiger partial charge >= 0.3 is 0 Å². The summed E-state index contributed by atoms with van der Waals surface area (Å²) < 4.78 is 0. The molecule has 90 valence electrons. The summed E-state index contributed by atoms with van der Waals surface area (Å²) in [5.41, 5.74) is 0.989. The van der Waals surface area contributed by atoms with Gasteiger partial charge in [-0.25, -0.2) is 0 Å². The predicted molar refractivity (Wildman–Crippen MR) is 75.7 cm³/mol. The molecule has 2 heteroatoms. The maximum Gasteiger partial charge on any atom is 0.131 e. The maximum absolute atomic E-state index is 11.3. The van der Waals surface area contributed by atoms with Gasteiger partial charge in [0.2, 0.25) is 0 Å². The quantitative estimate of drug-likeness (QED) is 0.760. The van der Waals surface area contributed by atoms with Crippen LogP contribution in [0.5, 0.6) is 0 Å².